The van der Waals surface area contributed by atoms with Gasteiger partial charge in [0.25, 0.3) is 5.97 Å². The molecule has 0 aliphatic carbocycles. The summed E-state index contributed by atoms with van der Waals surface area (Å²) in [5, 5.41) is 22.9. The van der Waals surface area contributed by atoms with Gasteiger partial charge in [-0.15, -0.1) is 0 Å². The Morgan fingerprint density at radius 2 is 1.57 bits per heavy atom. The van der Waals surface area contributed by atoms with Gasteiger partial charge in [-0.1, -0.05) is 5.04 Å². The molecule has 0 fully saturated rings. The standard InChI is InChI=1S/C2H4O2.H2O3/c1-2(3)4;1-3-2/h1H3,(H,3,4);1-2H. The Hall–Kier alpha value is -0.650. The van der Waals surface area contributed by atoms with Gasteiger partial charge in [0.05, 0.1) is 0 Å². The molecule has 0 rings (SSSR count). The molecule has 0 bridgehead atoms. The summed E-state index contributed by atoms with van der Waals surface area (Å²) in [6.07, 6.45) is 0. The van der Waals surface area contributed by atoms with Crippen LogP contribution in [0.25, 0.3) is 0 Å². The van der Waals surface area contributed by atoms with Gasteiger partial charge in [0, 0.05) is 6.92 Å². The normalized spacial score (nSPS) is 6.14. The van der Waals surface area contributed by atoms with Crippen LogP contribution in [0.1, 0.15) is 6.92 Å². The van der Waals surface area contributed by atoms with Gasteiger partial charge in [0.2, 0.25) is 0 Å². The Labute approximate surface area is 39.6 Å². The molecule has 5 nitrogen and oxygen atoms in total. The summed E-state index contributed by atoms with van der Waals surface area (Å²) in [6.45, 7) is 1.08. The zero-order valence-electron chi connectivity index (χ0n) is 3.66. The van der Waals surface area contributed by atoms with Gasteiger partial charge in [0.15, 0.2) is 0 Å². The molecule has 0 spiro atoms. The number of hydrogen-bond donors (Lipinski definition) is 3. The molecule has 0 aromatic rings. The predicted molar refractivity (Wildman–Crippen MR) is 19.7 cm³/mol. The van der Waals surface area contributed by atoms with Crippen molar-refractivity contribution in [2.24, 2.45) is 0 Å². The van der Waals surface area contributed by atoms with Crippen molar-refractivity contribution in [3.63, 3.8) is 0 Å². The maximum Gasteiger partial charge on any atom is 0.300 e. The van der Waals surface area contributed by atoms with Crippen LogP contribution in [-0.2, 0) is 9.83 Å². The third-order valence-electron chi connectivity index (χ3n) is 0. The average molecular weight is 110 g/mol. The molecule has 0 amide bonds. The molecule has 44 valence electrons. The Morgan fingerprint density at radius 3 is 1.57 bits per heavy atom. The fraction of sp³-hybridized carbons (Fsp3) is 0.500. The van der Waals surface area contributed by atoms with E-state index in [0.717, 1.165) is 6.92 Å². The van der Waals surface area contributed by atoms with Gasteiger partial charge in [-0.3, -0.25) is 4.79 Å². The minimum absolute atomic E-state index is 0.833. The van der Waals surface area contributed by atoms with E-state index in [4.69, 9.17) is 20.4 Å². The summed E-state index contributed by atoms with van der Waals surface area (Å²) in [5.41, 5.74) is 0. The zero-order chi connectivity index (χ0) is 6.28. The van der Waals surface area contributed by atoms with Gasteiger partial charge >= 0.3 is 0 Å². The van der Waals surface area contributed by atoms with Crippen molar-refractivity contribution in [2.45, 2.75) is 6.92 Å². The summed E-state index contributed by atoms with van der Waals surface area (Å²) in [5.74, 6) is -0.833. The minimum Gasteiger partial charge on any atom is -0.481 e. The molecule has 5 heteroatoms. The van der Waals surface area contributed by atoms with E-state index in [1.807, 2.05) is 0 Å². The van der Waals surface area contributed by atoms with E-state index in [2.05, 4.69) is 5.04 Å². The van der Waals surface area contributed by atoms with Crippen molar-refractivity contribution >= 4 is 5.97 Å². The van der Waals surface area contributed by atoms with Gasteiger partial charge in [0.1, 0.15) is 0 Å². The molecule has 0 atom stereocenters. The quantitative estimate of drug-likeness (QED) is 0.302. The monoisotopic (exact) mass is 110 g/mol. The van der Waals surface area contributed by atoms with E-state index >= 15 is 0 Å². The first-order valence-electron chi connectivity index (χ1n) is 1.29. The van der Waals surface area contributed by atoms with E-state index in [0.29, 0.717) is 0 Å². The minimum atomic E-state index is -0.833. The Balaban J connectivity index is 0. The number of aliphatic carboxylic acids is 1. The second-order valence-electron chi connectivity index (χ2n) is 0.601. The molecule has 0 radical (unpaired) electrons. The van der Waals surface area contributed by atoms with Crippen molar-refractivity contribution in [1.29, 1.82) is 0 Å². The summed E-state index contributed by atoms with van der Waals surface area (Å²) >= 11 is 0. The molecule has 0 unspecified atom stereocenters. The molecule has 7 heavy (non-hydrogen) atoms. The molecule has 3 N–H and O–H groups in total. The van der Waals surface area contributed by atoms with E-state index in [-0.39, 0.29) is 0 Å². The molecule has 0 aliphatic rings. The van der Waals surface area contributed by atoms with E-state index in [9.17, 15) is 0 Å². The van der Waals surface area contributed by atoms with Crippen LogP contribution in [0.4, 0.5) is 0 Å². The fourth-order valence-corrected chi connectivity index (χ4v) is 0. The largest absolute Gasteiger partial charge is 0.481 e. The lowest BCUT2D eigenvalue weighted by molar-refractivity contribution is -0.465. The molecular weight excluding hydrogens is 104 g/mol. The highest BCUT2D eigenvalue weighted by molar-refractivity contribution is 5.62. The molecule has 0 saturated carbocycles. The van der Waals surface area contributed by atoms with Crippen molar-refractivity contribution < 1.29 is 25.5 Å². The highest BCUT2D eigenvalue weighted by atomic mass is 17.4. The maximum absolute atomic E-state index is 9.00. The van der Waals surface area contributed by atoms with Gasteiger partial charge in [-0.2, -0.15) is 0 Å². The summed E-state index contributed by atoms with van der Waals surface area (Å²) in [6, 6.07) is 0. The molecular formula is C2H6O5. The molecule has 0 saturated heterocycles. The van der Waals surface area contributed by atoms with Crippen molar-refractivity contribution in [1.82, 2.24) is 0 Å². The van der Waals surface area contributed by atoms with Gasteiger partial charge in [-0.25, -0.2) is 10.5 Å². The number of hydrogen-bond acceptors (Lipinski definition) is 4. The number of rotatable bonds is 0. The lowest BCUT2D eigenvalue weighted by atomic mass is 10.9. The lowest BCUT2D eigenvalue weighted by Crippen LogP contribution is -1.78. The molecule has 0 heterocycles. The first-order chi connectivity index (χ1) is 3.15. The lowest BCUT2D eigenvalue weighted by Gasteiger charge is -1.59. The maximum atomic E-state index is 9.00. The van der Waals surface area contributed by atoms with Crippen LogP contribution in [0.5, 0.6) is 0 Å². The first-order valence-corrected chi connectivity index (χ1v) is 1.29. The SMILES string of the molecule is CC(=O)O.OOO. The van der Waals surface area contributed by atoms with Crippen molar-refractivity contribution in [3.05, 3.63) is 0 Å². The smallest absolute Gasteiger partial charge is 0.300 e. The summed E-state index contributed by atoms with van der Waals surface area (Å²) in [7, 11) is 0. The van der Waals surface area contributed by atoms with Gasteiger partial charge in [-0.05, 0) is 0 Å². The van der Waals surface area contributed by atoms with E-state index < -0.39 is 5.97 Å². The Morgan fingerprint density at radius 1 is 1.57 bits per heavy atom. The Kier molecular flexibility index (Phi) is 12.4. The van der Waals surface area contributed by atoms with Crippen molar-refractivity contribution in [3.8, 4) is 0 Å². The van der Waals surface area contributed by atoms with Crippen LogP contribution in [0.2, 0.25) is 0 Å². The van der Waals surface area contributed by atoms with Crippen LogP contribution in [-0.4, -0.2) is 21.6 Å². The Bertz CT molecular complexity index is 37.3. The fourth-order valence-electron chi connectivity index (χ4n) is 0. The zero-order valence-corrected chi connectivity index (χ0v) is 3.66. The molecule has 0 aromatic heterocycles. The van der Waals surface area contributed by atoms with Crippen molar-refractivity contribution in [2.75, 3.05) is 0 Å². The first kappa shape index (κ1) is 9.61. The number of carbonyl (C=O) groups is 1. The van der Waals surface area contributed by atoms with Crippen LogP contribution in [0, 0.1) is 0 Å². The highest BCUT2D eigenvalue weighted by Gasteiger charge is 1.65. The van der Waals surface area contributed by atoms with E-state index in [1.165, 1.54) is 0 Å². The van der Waals surface area contributed by atoms with Crippen LogP contribution < -0.4 is 0 Å². The number of carboxylic acids is 1. The van der Waals surface area contributed by atoms with Crippen LogP contribution in [0.3, 0.4) is 0 Å². The second-order valence-corrected chi connectivity index (χ2v) is 0.601. The summed E-state index contributed by atoms with van der Waals surface area (Å²) < 4.78 is 0. The second kappa shape index (κ2) is 9.02. The van der Waals surface area contributed by atoms with Crippen LogP contribution in [0.15, 0.2) is 0 Å². The third kappa shape index (κ3) is 142. The van der Waals surface area contributed by atoms with E-state index in [1.54, 1.807) is 0 Å². The number of carboxylic acid groups (broad SMARTS) is 1. The molecule has 0 aliphatic heterocycles. The molecule has 0 aromatic carbocycles. The third-order valence-corrected chi connectivity index (χ3v) is 0. The highest BCUT2D eigenvalue weighted by Crippen LogP contribution is 1.42. The van der Waals surface area contributed by atoms with Crippen LogP contribution >= 0.6 is 0 Å². The average Bonchev–Trinajstić information content (AvgIpc) is 1.33. The predicted octanol–water partition coefficient (Wildman–Crippen LogP) is 0.0399. The topological polar surface area (TPSA) is 87.0 Å². The summed E-state index contributed by atoms with van der Waals surface area (Å²) in [4.78, 5) is 9.00. The van der Waals surface area contributed by atoms with Gasteiger partial charge < -0.3 is 5.11 Å².